The van der Waals surface area contributed by atoms with Gasteiger partial charge in [0.05, 0.1) is 4.92 Å². The highest BCUT2D eigenvalue weighted by molar-refractivity contribution is 9.10. The average molecular weight is 391 g/mol. The molecule has 0 saturated carbocycles. The molecule has 2 heterocycles. The number of nitro groups is 1. The zero-order valence-corrected chi connectivity index (χ0v) is 14.3. The molecule has 7 nitrogen and oxygen atoms in total. The van der Waals surface area contributed by atoms with Crippen molar-refractivity contribution in [1.82, 2.24) is 9.88 Å². The second kappa shape index (κ2) is 6.96. The lowest BCUT2D eigenvalue weighted by Gasteiger charge is -2.18. The number of carbonyl (C=O) groups is 1. The van der Waals surface area contributed by atoms with Crippen LogP contribution in [0.1, 0.15) is 16.9 Å². The molecule has 0 radical (unpaired) electrons. The molecule has 0 spiro atoms. The number of amides is 1. The van der Waals surface area contributed by atoms with Crippen LogP contribution >= 0.6 is 15.9 Å². The zero-order valence-electron chi connectivity index (χ0n) is 12.7. The Balaban J connectivity index is 1.64. The van der Waals surface area contributed by atoms with Crippen LogP contribution in [0, 0.1) is 10.1 Å². The lowest BCUT2D eigenvalue weighted by molar-refractivity contribution is -0.384. The highest BCUT2D eigenvalue weighted by Gasteiger charge is 2.27. The van der Waals surface area contributed by atoms with E-state index < -0.39 is 4.92 Å². The lowest BCUT2D eigenvalue weighted by Crippen LogP contribution is -2.32. The first-order valence-corrected chi connectivity index (χ1v) is 8.24. The molecule has 1 fully saturated rings. The number of pyridine rings is 1. The molecule has 8 heteroatoms. The quantitative estimate of drug-likeness (QED) is 0.639. The van der Waals surface area contributed by atoms with Crippen LogP contribution in [0.2, 0.25) is 0 Å². The zero-order chi connectivity index (χ0) is 17.1. The SMILES string of the molecule is O=C(c1ccccn1)N1CCC(Nc2ccc([N+](=O)[O-])cc2Br)C1. The van der Waals surface area contributed by atoms with Crippen molar-refractivity contribution in [3.05, 3.63) is 62.9 Å². The minimum atomic E-state index is -0.433. The molecule has 1 N–H and O–H groups in total. The van der Waals surface area contributed by atoms with E-state index in [-0.39, 0.29) is 17.6 Å². The Morgan fingerprint density at radius 2 is 2.21 bits per heavy atom. The summed E-state index contributed by atoms with van der Waals surface area (Å²) in [5.41, 5.74) is 1.25. The molecular formula is C16H15BrN4O3. The fourth-order valence-electron chi connectivity index (χ4n) is 2.67. The largest absolute Gasteiger partial charge is 0.380 e. The van der Waals surface area contributed by atoms with Crippen molar-refractivity contribution in [3.63, 3.8) is 0 Å². The molecule has 1 aromatic heterocycles. The van der Waals surface area contributed by atoms with E-state index in [0.29, 0.717) is 23.3 Å². The van der Waals surface area contributed by atoms with Crippen molar-refractivity contribution in [2.24, 2.45) is 0 Å². The van der Waals surface area contributed by atoms with Crippen molar-refractivity contribution < 1.29 is 9.72 Å². The first-order valence-electron chi connectivity index (χ1n) is 7.45. The Morgan fingerprint density at radius 1 is 1.38 bits per heavy atom. The monoisotopic (exact) mass is 390 g/mol. The topological polar surface area (TPSA) is 88.4 Å². The molecule has 1 saturated heterocycles. The number of benzene rings is 1. The number of aromatic nitrogens is 1. The van der Waals surface area contributed by atoms with Gasteiger partial charge in [-0.15, -0.1) is 0 Å². The van der Waals surface area contributed by atoms with Crippen LogP contribution in [0.25, 0.3) is 0 Å². The average Bonchev–Trinajstić information content (AvgIpc) is 3.05. The van der Waals surface area contributed by atoms with Gasteiger partial charge in [0.2, 0.25) is 0 Å². The fourth-order valence-corrected chi connectivity index (χ4v) is 3.15. The maximum absolute atomic E-state index is 12.4. The molecule has 1 aliphatic rings. The number of halogens is 1. The molecular weight excluding hydrogens is 376 g/mol. The fraction of sp³-hybridized carbons (Fsp3) is 0.250. The van der Waals surface area contributed by atoms with Crippen LogP contribution in [-0.4, -0.2) is 39.8 Å². The molecule has 2 aromatic rings. The number of hydrogen-bond acceptors (Lipinski definition) is 5. The van der Waals surface area contributed by atoms with Crippen molar-refractivity contribution in [3.8, 4) is 0 Å². The number of nitrogens with one attached hydrogen (secondary N) is 1. The summed E-state index contributed by atoms with van der Waals surface area (Å²) in [6.07, 6.45) is 2.41. The Kier molecular flexibility index (Phi) is 4.75. The van der Waals surface area contributed by atoms with E-state index in [0.717, 1.165) is 12.1 Å². The molecule has 1 aliphatic heterocycles. The standard InChI is InChI=1S/C16H15BrN4O3/c17-13-9-12(21(23)24)4-5-14(13)19-11-6-8-20(10-11)16(22)15-3-1-2-7-18-15/h1-5,7,9,11,19H,6,8,10H2. The Labute approximate surface area is 147 Å². The van der Waals surface area contributed by atoms with Gasteiger partial charge in [-0.2, -0.15) is 0 Å². The van der Waals surface area contributed by atoms with Gasteiger partial charge in [0, 0.05) is 47.6 Å². The summed E-state index contributed by atoms with van der Waals surface area (Å²) in [6, 6.07) is 9.96. The first kappa shape index (κ1) is 16.4. The molecule has 1 amide bonds. The van der Waals surface area contributed by atoms with Crippen LogP contribution < -0.4 is 5.32 Å². The van der Waals surface area contributed by atoms with Gasteiger partial charge in [0.25, 0.3) is 11.6 Å². The minimum Gasteiger partial charge on any atom is -0.380 e. The van der Waals surface area contributed by atoms with Gasteiger partial charge < -0.3 is 10.2 Å². The van der Waals surface area contributed by atoms with Crippen LogP contribution in [0.5, 0.6) is 0 Å². The van der Waals surface area contributed by atoms with E-state index in [1.807, 2.05) is 0 Å². The predicted molar refractivity (Wildman–Crippen MR) is 93.0 cm³/mol. The van der Waals surface area contributed by atoms with Gasteiger partial charge in [-0.05, 0) is 40.5 Å². The summed E-state index contributed by atoms with van der Waals surface area (Å²) in [4.78, 5) is 28.6. The van der Waals surface area contributed by atoms with Crippen LogP contribution in [0.4, 0.5) is 11.4 Å². The summed E-state index contributed by atoms with van der Waals surface area (Å²) >= 11 is 3.35. The summed E-state index contributed by atoms with van der Waals surface area (Å²) < 4.78 is 0.631. The number of likely N-dealkylation sites (tertiary alicyclic amines) is 1. The van der Waals surface area contributed by atoms with Crippen LogP contribution in [0.15, 0.2) is 47.1 Å². The second-order valence-corrected chi connectivity index (χ2v) is 6.37. The summed E-state index contributed by atoms with van der Waals surface area (Å²) in [6.45, 7) is 1.22. The predicted octanol–water partition coefficient (Wildman–Crippen LogP) is 3.08. The van der Waals surface area contributed by atoms with Gasteiger partial charge in [0.15, 0.2) is 0 Å². The van der Waals surface area contributed by atoms with Gasteiger partial charge in [-0.25, -0.2) is 0 Å². The molecule has 1 atom stereocenters. The maximum Gasteiger partial charge on any atom is 0.272 e. The molecule has 24 heavy (non-hydrogen) atoms. The highest BCUT2D eigenvalue weighted by atomic mass is 79.9. The summed E-state index contributed by atoms with van der Waals surface area (Å²) in [7, 11) is 0. The molecule has 0 aliphatic carbocycles. The molecule has 3 rings (SSSR count). The van der Waals surface area contributed by atoms with Crippen molar-refractivity contribution >= 4 is 33.2 Å². The smallest absolute Gasteiger partial charge is 0.272 e. The third kappa shape index (κ3) is 3.53. The van der Waals surface area contributed by atoms with E-state index in [1.165, 1.54) is 12.1 Å². The molecule has 0 bridgehead atoms. The van der Waals surface area contributed by atoms with Crippen molar-refractivity contribution in [1.29, 1.82) is 0 Å². The summed E-state index contributed by atoms with van der Waals surface area (Å²) in [5, 5.41) is 14.1. The third-order valence-corrected chi connectivity index (χ3v) is 4.54. The third-order valence-electron chi connectivity index (χ3n) is 3.88. The molecule has 124 valence electrons. The lowest BCUT2D eigenvalue weighted by atomic mass is 10.2. The van der Waals surface area contributed by atoms with Gasteiger partial charge in [-0.3, -0.25) is 19.9 Å². The van der Waals surface area contributed by atoms with Crippen LogP contribution in [0.3, 0.4) is 0 Å². The number of non-ortho nitro benzene ring substituents is 1. The number of hydrogen-bond donors (Lipinski definition) is 1. The number of nitro benzene ring substituents is 1. The second-order valence-electron chi connectivity index (χ2n) is 5.52. The number of nitrogens with zero attached hydrogens (tertiary/aromatic N) is 3. The molecule has 1 aromatic carbocycles. The van der Waals surface area contributed by atoms with E-state index >= 15 is 0 Å². The Bertz CT molecular complexity index is 769. The van der Waals surface area contributed by atoms with Gasteiger partial charge >= 0.3 is 0 Å². The number of rotatable bonds is 4. The van der Waals surface area contributed by atoms with E-state index in [4.69, 9.17) is 0 Å². The number of anilines is 1. The molecule has 1 unspecified atom stereocenters. The normalized spacial score (nSPS) is 16.9. The van der Waals surface area contributed by atoms with E-state index in [9.17, 15) is 14.9 Å². The van der Waals surface area contributed by atoms with Crippen LogP contribution in [-0.2, 0) is 0 Å². The first-order chi connectivity index (χ1) is 11.5. The van der Waals surface area contributed by atoms with E-state index in [1.54, 1.807) is 35.4 Å². The maximum atomic E-state index is 12.4. The Morgan fingerprint density at radius 3 is 2.88 bits per heavy atom. The summed E-state index contributed by atoms with van der Waals surface area (Å²) in [5.74, 6) is -0.0809. The van der Waals surface area contributed by atoms with E-state index in [2.05, 4.69) is 26.2 Å². The van der Waals surface area contributed by atoms with Crippen molar-refractivity contribution in [2.75, 3.05) is 18.4 Å². The van der Waals surface area contributed by atoms with Gasteiger partial charge in [-0.1, -0.05) is 6.07 Å². The van der Waals surface area contributed by atoms with Gasteiger partial charge in [0.1, 0.15) is 5.69 Å². The Hall–Kier alpha value is -2.48. The number of carbonyl (C=O) groups excluding carboxylic acids is 1. The highest BCUT2D eigenvalue weighted by Crippen LogP contribution is 2.29. The van der Waals surface area contributed by atoms with Crippen molar-refractivity contribution in [2.45, 2.75) is 12.5 Å². The minimum absolute atomic E-state index is 0.0332.